The van der Waals surface area contributed by atoms with E-state index in [0.29, 0.717) is 5.75 Å². The van der Waals surface area contributed by atoms with Gasteiger partial charge in [0.15, 0.2) is 0 Å². The van der Waals surface area contributed by atoms with E-state index in [1.165, 1.54) is 0 Å². The minimum atomic E-state index is -1.25. The molecule has 1 aromatic carbocycles. The number of nitrogens with one attached hydrogen (secondary N) is 1. The van der Waals surface area contributed by atoms with Gasteiger partial charge in [0.1, 0.15) is 5.75 Å². The van der Waals surface area contributed by atoms with Crippen LogP contribution in [0.15, 0.2) is 24.3 Å². The van der Waals surface area contributed by atoms with E-state index < -0.39 is 6.36 Å². The van der Waals surface area contributed by atoms with Gasteiger partial charge in [-0.25, -0.2) is 0 Å². The number of rotatable bonds is 0. The molecule has 0 radical (unpaired) electrons. The van der Waals surface area contributed by atoms with Crippen LogP contribution in [0.1, 0.15) is 6.92 Å². The summed E-state index contributed by atoms with van der Waals surface area (Å²) in [5.41, 5.74) is 0.860. The molecule has 1 heterocycles. The number of benzene rings is 1. The molecule has 0 aliphatic carbocycles. The lowest BCUT2D eigenvalue weighted by Gasteiger charge is -2.27. The van der Waals surface area contributed by atoms with Crippen LogP contribution in [-0.4, -0.2) is 12.4 Å². The van der Waals surface area contributed by atoms with E-state index in [1.807, 2.05) is 18.2 Å². The maximum atomic E-state index is 13.0. The van der Waals surface area contributed by atoms with Crippen molar-refractivity contribution in [2.45, 2.75) is 19.3 Å². The number of anilines is 1. The molecule has 0 amide bonds. The van der Waals surface area contributed by atoms with Crippen molar-refractivity contribution in [2.24, 2.45) is 0 Å². The molecular weight excluding hydrogens is 157 g/mol. The van der Waals surface area contributed by atoms with Crippen molar-refractivity contribution in [2.75, 3.05) is 5.32 Å². The number of hydrogen-bond acceptors (Lipinski definition) is 2. The molecule has 3 heteroatoms. The Balaban J connectivity index is 2.34. The number of para-hydroxylation sites is 2. The SMILES string of the molecule is CC1Nc2ccccc2OC1F. The minimum Gasteiger partial charge on any atom is -0.456 e. The molecule has 0 saturated carbocycles. The molecule has 1 aliphatic heterocycles. The zero-order chi connectivity index (χ0) is 8.55. The van der Waals surface area contributed by atoms with Gasteiger partial charge in [0.25, 0.3) is 6.36 Å². The summed E-state index contributed by atoms with van der Waals surface area (Å²) in [7, 11) is 0. The van der Waals surface area contributed by atoms with Crippen LogP contribution in [0.5, 0.6) is 5.75 Å². The summed E-state index contributed by atoms with van der Waals surface area (Å²) in [4.78, 5) is 0. The third kappa shape index (κ3) is 1.11. The van der Waals surface area contributed by atoms with Gasteiger partial charge in [-0.3, -0.25) is 0 Å². The Morgan fingerprint density at radius 1 is 1.42 bits per heavy atom. The molecule has 2 rings (SSSR count). The van der Waals surface area contributed by atoms with Gasteiger partial charge < -0.3 is 10.1 Å². The third-order valence-electron chi connectivity index (χ3n) is 1.90. The average molecular weight is 167 g/mol. The first kappa shape index (κ1) is 7.40. The molecule has 0 fully saturated rings. The van der Waals surface area contributed by atoms with Gasteiger partial charge in [0.2, 0.25) is 0 Å². The maximum Gasteiger partial charge on any atom is 0.258 e. The van der Waals surface area contributed by atoms with Crippen LogP contribution in [0.25, 0.3) is 0 Å². The molecule has 1 aromatic rings. The average Bonchev–Trinajstić information content (AvgIpc) is 2.07. The highest BCUT2D eigenvalue weighted by molar-refractivity contribution is 5.58. The van der Waals surface area contributed by atoms with Crippen LogP contribution in [0.2, 0.25) is 0 Å². The van der Waals surface area contributed by atoms with E-state index in [4.69, 9.17) is 4.74 Å². The van der Waals surface area contributed by atoms with Crippen LogP contribution in [0.4, 0.5) is 10.1 Å². The van der Waals surface area contributed by atoms with Crippen LogP contribution < -0.4 is 10.1 Å². The zero-order valence-corrected chi connectivity index (χ0v) is 6.75. The Morgan fingerprint density at radius 2 is 2.17 bits per heavy atom. The predicted molar refractivity (Wildman–Crippen MR) is 45.1 cm³/mol. The Hall–Kier alpha value is -1.25. The fraction of sp³-hybridized carbons (Fsp3) is 0.333. The van der Waals surface area contributed by atoms with Gasteiger partial charge in [0, 0.05) is 0 Å². The largest absolute Gasteiger partial charge is 0.456 e. The van der Waals surface area contributed by atoms with Crippen LogP contribution in [-0.2, 0) is 0 Å². The van der Waals surface area contributed by atoms with Crippen molar-refractivity contribution in [3.05, 3.63) is 24.3 Å². The highest BCUT2D eigenvalue weighted by Gasteiger charge is 2.24. The van der Waals surface area contributed by atoms with Crippen molar-refractivity contribution in [1.82, 2.24) is 0 Å². The highest BCUT2D eigenvalue weighted by atomic mass is 19.1. The highest BCUT2D eigenvalue weighted by Crippen LogP contribution is 2.30. The standard InChI is InChI=1S/C9H10FNO/c1-6-9(10)12-8-5-3-2-4-7(8)11-6/h2-6,9,11H,1H3. The summed E-state index contributed by atoms with van der Waals surface area (Å²) < 4.78 is 18.0. The van der Waals surface area contributed by atoms with Crippen molar-refractivity contribution in [3.8, 4) is 5.75 Å². The van der Waals surface area contributed by atoms with Crippen LogP contribution in [0, 0.1) is 0 Å². The van der Waals surface area contributed by atoms with Gasteiger partial charge in [-0.1, -0.05) is 12.1 Å². The second kappa shape index (κ2) is 2.66. The van der Waals surface area contributed by atoms with Gasteiger partial charge in [-0.15, -0.1) is 0 Å². The first-order valence-electron chi connectivity index (χ1n) is 3.93. The molecule has 1 N–H and O–H groups in total. The number of ether oxygens (including phenoxy) is 1. The number of fused-ring (bicyclic) bond motifs is 1. The van der Waals surface area contributed by atoms with Crippen LogP contribution >= 0.6 is 0 Å². The molecule has 12 heavy (non-hydrogen) atoms. The smallest absolute Gasteiger partial charge is 0.258 e. The molecule has 1 aliphatic rings. The molecule has 64 valence electrons. The molecule has 2 unspecified atom stereocenters. The Kier molecular flexibility index (Phi) is 1.64. The summed E-state index contributed by atoms with van der Waals surface area (Å²) >= 11 is 0. The lowest BCUT2D eigenvalue weighted by molar-refractivity contribution is 0.0471. The van der Waals surface area contributed by atoms with Gasteiger partial charge in [0.05, 0.1) is 11.7 Å². The van der Waals surface area contributed by atoms with Crippen molar-refractivity contribution >= 4 is 5.69 Å². The second-order valence-electron chi connectivity index (χ2n) is 2.90. The summed E-state index contributed by atoms with van der Waals surface area (Å²) in [6, 6.07) is 7.06. The monoisotopic (exact) mass is 167 g/mol. The Morgan fingerprint density at radius 3 is 3.00 bits per heavy atom. The molecule has 2 atom stereocenters. The lowest BCUT2D eigenvalue weighted by atomic mass is 10.2. The van der Waals surface area contributed by atoms with Gasteiger partial charge in [-0.05, 0) is 19.1 Å². The molecule has 2 nitrogen and oxygen atoms in total. The summed E-state index contributed by atoms with van der Waals surface area (Å²) in [6.07, 6.45) is -1.25. The minimum absolute atomic E-state index is 0.278. The van der Waals surface area contributed by atoms with E-state index in [9.17, 15) is 4.39 Å². The predicted octanol–water partition coefficient (Wildman–Crippen LogP) is 2.17. The van der Waals surface area contributed by atoms with E-state index in [2.05, 4.69) is 5.32 Å². The zero-order valence-electron chi connectivity index (χ0n) is 6.75. The topological polar surface area (TPSA) is 21.3 Å². The number of hydrogen-bond donors (Lipinski definition) is 1. The normalized spacial score (nSPS) is 26.8. The summed E-state index contributed by atoms with van der Waals surface area (Å²) in [5, 5.41) is 3.01. The number of halogens is 1. The second-order valence-corrected chi connectivity index (χ2v) is 2.90. The van der Waals surface area contributed by atoms with Crippen molar-refractivity contribution < 1.29 is 9.13 Å². The summed E-state index contributed by atoms with van der Waals surface area (Å²) in [6.45, 7) is 1.75. The lowest BCUT2D eigenvalue weighted by Crippen LogP contribution is -2.35. The van der Waals surface area contributed by atoms with E-state index in [-0.39, 0.29) is 6.04 Å². The molecule has 0 saturated heterocycles. The number of alkyl halides is 1. The molecule has 0 spiro atoms. The Labute approximate surface area is 70.3 Å². The molecular formula is C9H10FNO. The van der Waals surface area contributed by atoms with Gasteiger partial charge in [-0.2, -0.15) is 4.39 Å². The molecule has 0 aromatic heterocycles. The molecule has 0 bridgehead atoms. The maximum absolute atomic E-state index is 13.0. The van der Waals surface area contributed by atoms with Crippen molar-refractivity contribution in [3.63, 3.8) is 0 Å². The van der Waals surface area contributed by atoms with Crippen molar-refractivity contribution in [1.29, 1.82) is 0 Å². The fourth-order valence-electron chi connectivity index (χ4n) is 1.22. The summed E-state index contributed by atoms with van der Waals surface area (Å²) in [5.74, 6) is 0.586. The fourth-order valence-corrected chi connectivity index (χ4v) is 1.22. The third-order valence-corrected chi connectivity index (χ3v) is 1.90. The van der Waals surface area contributed by atoms with E-state index in [1.54, 1.807) is 13.0 Å². The van der Waals surface area contributed by atoms with Crippen LogP contribution in [0.3, 0.4) is 0 Å². The van der Waals surface area contributed by atoms with Gasteiger partial charge >= 0.3 is 0 Å². The Bertz CT molecular complexity index is 261. The van der Waals surface area contributed by atoms with E-state index in [0.717, 1.165) is 5.69 Å². The first-order chi connectivity index (χ1) is 5.77. The van der Waals surface area contributed by atoms with E-state index >= 15 is 0 Å². The quantitative estimate of drug-likeness (QED) is 0.639. The first-order valence-corrected chi connectivity index (χ1v) is 3.93.